The highest BCUT2D eigenvalue weighted by Crippen LogP contribution is 2.23. The Morgan fingerprint density at radius 3 is 2.65 bits per heavy atom. The number of fused-ring (bicyclic) bond motifs is 1. The van der Waals surface area contributed by atoms with Crippen molar-refractivity contribution in [3.63, 3.8) is 0 Å². The Bertz CT molecular complexity index is 604. The number of carbonyl (C=O) groups is 1. The molecule has 0 aromatic heterocycles. The Kier molecular flexibility index (Phi) is 4.22. The van der Waals surface area contributed by atoms with Gasteiger partial charge in [0.05, 0.1) is 5.75 Å². The third-order valence-corrected chi connectivity index (χ3v) is 4.77. The predicted octanol–water partition coefficient (Wildman–Crippen LogP) is 4.29. The molecule has 1 nitrogen and oxygen atoms in total. The summed E-state index contributed by atoms with van der Waals surface area (Å²) in [5.41, 5.74) is 4.97. The Hall–Kier alpha value is -1.54. The second-order valence-electron chi connectivity index (χ2n) is 5.24. The maximum absolute atomic E-state index is 12.2. The molecule has 0 saturated heterocycles. The summed E-state index contributed by atoms with van der Waals surface area (Å²) in [5.74, 6) is 1.71. The van der Waals surface area contributed by atoms with Gasteiger partial charge >= 0.3 is 0 Å². The Morgan fingerprint density at radius 2 is 1.80 bits per heavy atom. The van der Waals surface area contributed by atoms with E-state index < -0.39 is 0 Å². The lowest BCUT2D eigenvalue weighted by atomic mass is 10.0. The molecule has 0 amide bonds. The van der Waals surface area contributed by atoms with Crippen molar-refractivity contribution in [2.75, 3.05) is 5.75 Å². The molecule has 0 heterocycles. The molecule has 0 spiro atoms. The van der Waals surface area contributed by atoms with E-state index in [0.29, 0.717) is 5.75 Å². The zero-order valence-electron chi connectivity index (χ0n) is 11.5. The molecule has 20 heavy (non-hydrogen) atoms. The van der Waals surface area contributed by atoms with Crippen molar-refractivity contribution in [3.05, 3.63) is 70.8 Å². The third kappa shape index (κ3) is 3.13. The van der Waals surface area contributed by atoms with Gasteiger partial charge in [0.15, 0.2) is 5.78 Å². The number of hydrogen-bond acceptors (Lipinski definition) is 2. The molecule has 0 atom stereocenters. The summed E-state index contributed by atoms with van der Waals surface area (Å²) in [6.45, 7) is 0. The van der Waals surface area contributed by atoms with Crippen LogP contribution in [0.25, 0.3) is 0 Å². The highest BCUT2D eigenvalue weighted by atomic mass is 32.2. The third-order valence-electron chi connectivity index (χ3n) is 3.77. The fourth-order valence-electron chi connectivity index (χ4n) is 2.66. The van der Waals surface area contributed by atoms with Gasteiger partial charge in [-0.25, -0.2) is 0 Å². The van der Waals surface area contributed by atoms with Gasteiger partial charge in [-0.2, -0.15) is 0 Å². The molecule has 1 aliphatic rings. The Morgan fingerprint density at radius 1 is 1.00 bits per heavy atom. The molecule has 0 radical (unpaired) electrons. The zero-order chi connectivity index (χ0) is 13.8. The van der Waals surface area contributed by atoms with Crippen LogP contribution in [0.2, 0.25) is 0 Å². The number of carbonyl (C=O) groups excluding carboxylic acids is 1. The minimum atomic E-state index is 0.251. The zero-order valence-corrected chi connectivity index (χ0v) is 12.3. The van der Waals surface area contributed by atoms with Crippen molar-refractivity contribution in [1.29, 1.82) is 0 Å². The number of hydrogen-bond donors (Lipinski definition) is 0. The van der Waals surface area contributed by atoms with Crippen molar-refractivity contribution in [2.24, 2.45) is 0 Å². The van der Waals surface area contributed by atoms with Crippen molar-refractivity contribution in [3.8, 4) is 0 Å². The molecule has 0 saturated carbocycles. The number of rotatable bonds is 5. The molecule has 1 aliphatic carbocycles. The summed E-state index contributed by atoms with van der Waals surface area (Å²) in [6.07, 6.45) is 3.54. The van der Waals surface area contributed by atoms with Gasteiger partial charge in [-0.05, 0) is 42.0 Å². The lowest BCUT2D eigenvalue weighted by Gasteiger charge is -2.05. The SMILES string of the molecule is O=C(CSCc1ccccc1)c1ccc2c(c1)CCC2. The van der Waals surface area contributed by atoms with Gasteiger partial charge in [-0.15, -0.1) is 11.8 Å². The molecule has 2 aromatic carbocycles. The number of ketones is 1. The highest BCUT2D eigenvalue weighted by molar-refractivity contribution is 7.99. The monoisotopic (exact) mass is 282 g/mol. The molecule has 0 unspecified atom stereocenters. The summed E-state index contributed by atoms with van der Waals surface area (Å²) < 4.78 is 0. The van der Waals surface area contributed by atoms with Gasteiger partial charge in [0, 0.05) is 11.3 Å². The van der Waals surface area contributed by atoms with E-state index in [1.807, 2.05) is 24.3 Å². The Labute approximate surface area is 124 Å². The average Bonchev–Trinajstić information content (AvgIpc) is 2.95. The first-order chi connectivity index (χ1) is 9.83. The largest absolute Gasteiger partial charge is 0.293 e. The standard InChI is InChI=1S/C18H18OS/c19-18(13-20-12-14-5-2-1-3-6-14)17-10-9-15-7-4-8-16(15)11-17/h1-3,5-6,9-11H,4,7-8,12-13H2. The second kappa shape index (κ2) is 6.27. The first-order valence-corrected chi connectivity index (χ1v) is 8.25. The van der Waals surface area contributed by atoms with E-state index in [4.69, 9.17) is 0 Å². The van der Waals surface area contributed by atoms with Crippen LogP contribution in [0.5, 0.6) is 0 Å². The molecule has 0 fully saturated rings. The van der Waals surface area contributed by atoms with Crippen LogP contribution in [0.1, 0.15) is 33.5 Å². The minimum absolute atomic E-state index is 0.251. The molecule has 0 bridgehead atoms. The van der Waals surface area contributed by atoms with Gasteiger partial charge < -0.3 is 0 Å². The van der Waals surface area contributed by atoms with Gasteiger partial charge in [0.25, 0.3) is 0 Å². The van der Waals surface area contributed by atoms with E-state index in [-0.39, 0.29) is 5.78 Å². The maximum Gasteiger partial charge on any atom is 0.172 e. The van der Waals surface area contributed by atoms with E-state index >= 15 is 0 Å². The van der Waals surface area contributed by atoms with E-state index in [1.54, 1.807) is 11.8 Å². The summed E-state index contributed by atoms with van der Waals surface area (Å²) in [6, 6.07) is 16.5. The number of Topliss-reactive ketones (excluding diaryl/α,β-unsaturated/α-hetero) is 1. The molecule has 2 heteroatoms. The molecule has 0 aliphatic heterocycles. The number of thioether (sulfide) groups is 1. The van der Waals surface area contributed by atoms with Crippen molar-refractivity contribution < 1.29 is 4.79 Å². The molecule has 0 N–H and O–H groups in total. The average molecular weight is 282 g/mol. The van der Waals surface area contributed by atoms with Crippen molar-refractivity contribution in [1.82, 2.24) is 0 Å². The second-order valence-corrected chi connectivity index (χ2v) is 6.22. The Balaban J connectivity index is 1.57. The van der Waals surface area contributed by atoms with Crippen LogP contribution in [-0.4, -0.2) is 11.5 Å². The maximum atomic E-state index is 12.2. The van der Waals surface area contributed by atoms with Crippen LogP contribution in [-0.2, 0) is 18.6 Å². The number of benzene rings is 2. The van der Waals surface area contributed by atoms with Crippen LogP contribution in [0, 0.1) is 0 Å². The summed E-state index contributed by atoms with van der Waals surface area (Å²) in [5, 5.41) is 0. The fourth-order valence-corrected chi connectivity index (χ4v) is 3.55. The fraction of sp³-hybridized carbons (Fsp3) is 0.278. The quantitative estimate of drug-likeness (QED) is 0.761. The van der Waals surface area contributed by atoms with Crippen molar-refractivity contribution in [2.45, 2.75) is 25.0 Å². The minimum Gasteiger partial charge on any atom is -0.293 e. The van der Waals surface area contributed by atoms with E-state index in [2.05, 4.69) is 24.3 Å². The van der Waals surface area contributed by atoms with Gasteiger partial charge in [-0.3, -0.25) is 4.79 Å². The van der Waals surface area contributed by atoms with Crippen LogP contribution < -0.4 is 0 Å². The first-order valence-electron chi connectivity index (χ1n) is 7.09. The normalized spacial score (nSPS) is 13.2. The summed E-state index contributed by atoms with van der Waals surface area (Å²) in [4.78, 5) is 12.2. The predicted molar refractivity (Wildman–Crippen MR) is 85.4 cm³/mol. The van der Waals surface area contributed by atoms with Gasteiger partial charge in [0.1, 0.15) is 0 Å². The van der Waals surface area contributed by atoms with E-state index in [1.165, 1.54) is 29.5 Å². The van der Waals surface area contributed by atoms with Gasteiger partial charge in [-0.1, -0.05) is 42.5 Å². The molecule has 102 valence electrons. The van der Waals surface area contributed by atoms with Crippen molar-refractivity contribution >= 4 is 17.5 Å². The van der Waals surface area contributed by atoms with E-state index in [0.717, 1.165) is 17.7 Å². The van der Waals surface area contributed by atoms with Crippen LogP contribution in [0.3, 0.4) is 0 Å². The summed E-state index contributed by atoms with van der Waals surface area (Å²) in [7, 11) is 0. The van der Waals surface area contributed by atoms with Crippen LogP contribution >= 0.6 is 11.8 Å². The van der Waals surface area contributed by atoms with Gasteiger partial charge in [0.2, 0.25) is 0 Å². The lowest BCUT2D eigenvalue weighted by Crippen LogP contribution is -2.03. The topological polar surface area (TPSA) is 17.1 Å². The molecule has 2 aromatic rings. The molecular weight excluding hydrogens is 264 g/mol. The number of aryl methyl sites for hydroxylation is 2. The highest BCUT2D eigenvalue weighted by Gasteiger charge is 2.13. The molecular formula is C18H18OS. The summed E-state index contributed by atoms with van der Waals surface area (Å²) >= 11 is 1.69. The molecule has 3 rings (SSSR count). The van der Waals surface area contributed by atoms with Crippen LogP contribution in [0.4, 0.5) is 0 Å². The smallest absolute Gasteiger partial charge is 0.172 e. The first kappa shape index (κ1) is 13.4. The van der Waals surface area contributed by atoms with Crippen LogP contribution in [0.15, 0.2) is 48.5 Å². The van der Waals surface area contributed by atoms with E-state index in [9.17, 15) is 4.79 Å². The lowest BCUT2D eigenvalue weighted by molar-refractivity contribution is 0.102.